The quantitative estimate of drug-likeness (QED) is 0.529. The van der Waals surface area contributed by atoms with Gasteiger partial charge in [0, 0.05) is 19.4 Å². The lowest BCUT2D eigenvalue weighted by molar-refractivity contribution is -0.138. The van der Waals surface area contributed by atoms with Crippen molar-refractivity contribution in [2.45, 2.75) is 66.7 Å². The first-order valence-electron chi connectivity index (χ1n) is 8.16. The minimum absolute atomic E-state index is 0.122. The summed E-state index contributed by atoms with van der Waals surface area (Å²) in [6.07, 6.45) is 1.54. The van der Waals surface area contributed by atoms with Crippen molar-refractivity contribution in [3.63, 3.8) is 0 Å². The van der Waals surface area contributed by atoms with Gasteiger partial charge in [-0.25, -0.2) is 0 Å². The monoisotopic (exact) mass is 332 g/mol. The fourth-order valence-electron chi connectivity index (χ4n) is 1.28. The SMILES string of the molecule is CC.CC.CC(=O)CCCCNC(=O)CNC(=O)CCC(=O)O. The molecule has 0 aliphatic carbocycles. The van der Waals surface area contributed by atoms with Gasteiger partial charge < -0.3 is 20.5 Å². The van der Waals surface area contributed by atoms with Crippen molar-refractivity contribution in [2.24, 2.45) is 0 Å². The van der Waals surface area contributed by atoms with Gasteiger partial charge in [0.1, 0.15) is 5.78 Å². The normalized spacial score (nSPS) is 8.57. The third-order valence-corrected chi connectivity index (χ3v) is 2.29. The summed E-state index contributed by atoms with van der Waals surface area (Å²) < 4.78 is 0. The van der Waals surface area contributed by atoms with Crippen molar-refractivity contribution < 1.29 is 24.3 Å². The summed E-state index contributed by atoms with van der Waals surface area (Å²) in [7, 11) is 0. The molecule has 7 nitrogen and oxygen atoms in total. The van der Waals surface area contributed by atoms with Crippen LogP contribution in [0.25, 0.3) is 0 Å². The molecule has 0 fully saturated rings. The minimum Gasteiger partial charge on any atom is -0.481 e. The molecule has 136 valence electrons. The van der Waals surface area contributed by atoms with E-state index < -0.39 is 11.9 Å². The zero-order valence-corrected chi connectivity index (χ0v) is 15.0. The molecular weight excluding hydrogens is 300 g/mol. The van der Waals surface area contributed by atoms with Gasteiger partial charge in [-0.3, -0.25) is 14.4 Å². The smallest absolute Gasteiger partial charge is 0.303 e. The lowest BCUT2D eigenvalue weighted by atomic mass is 10.2. The molecule has 0 saturated carbocycles. The number of carboxylic acids is 1. The molecule has 0 heterocycles. The Morgan fingerprint density at radius 1 is 0.783 bits per heavy atom. The molecular formula is C16H32N2O5. The molecule has 0 saturated heterocycles. The van der Waals surface area contributed by atoms with E-state index in [1.54, 1.807) is 0 Å². The van der Waals surface area contributed by atoms with Crippen LogP contribution in [0.2, 0.25) is 0 Å². The van der Waals surface area contributed by atoms with Crippen LogP contribution in [0.4, 0.5) is 0 Å². The van der Waals surface area contributed by atoms with Crippen LogP contribution in [0.1, 0.15) is 66.7 Å². The van der Waals surface area contributed by atoms with Crippen molar-refractivity contribution in [1.82, 2.24) is 10.6 Å². The van der Waals surface area contributed by atoms with E-state index in [0.29, 0.717) is 19.4 Å². The van der Waals surface area contributed by atoms with Crippen molar-refractivity contribution >= 4 is 23.6 Å². The molecule has 0 atom stereocenters. The Labute approximate surface area is 139 Å². The molecule has 2 amide bonds. The van der Waals surface area contributed by atoms with Crippen LogP contribution < -0.4 is 10.6 Å². The average Bonchev–Trinajstić information content (AvgIpc) is 2.54. The topological polar surface area (TPSA) is 113 Å². The van der Waals surface area contributed by atoms with E-state index in [2.05, 4.69) is 10.6 Å². The maximum Gasteiger partial charge on any atom is 0.303 e. The third kappa shape index (κ3) is 25.4. The van der Waals surface area contributed by atoms with Crippen LogP contribution in [0.3, 0.4) is 0 Å². The van der Waals surface area contributed by atoms with E-state index in [1.165, 1.54) is 6.92 Å². The second-order valence-corrected chi connectivity index (χ2v) is 4.18. The molecule has 23 heavy (non-hydrogen) atoms. The first-order chi connectivity index (χ1) is 10.9. The number of Topliss-reactive ketones (excluding diaryl/α,β-unsaturated/α-hetero) is 1. The van der Waals surface area contributed by atoms with Crippen molar-refractivity contribution in [1.29, 1.82) is 0 Å². The van der Waals surface area contributed by atoms with Gasteiger partial charge in [0.05, 0.1) is 13.0 Å². The van der Waals surface area contributed by atoms with Gasteiger partial charge in [0.15, 0.2) is 0 Å². The standard InChI is InChI=1S/C12H20N2O5.2C2H6/c1-9(15)4-2-3-7-13-11(17)8-14-10(16)5-6-12(18)19;2*1-2/h2-8H2,1H3,(H,13,17)(H,14,16)(H,18,19);2*1-2H3. The van der Waals surface area contributed by atoms with Crippen molar-refractivity contribution in [3.05, 3.63) is 0 Å². The van der Waals surface area contributed by atoms with Crippen LogP contribution in [0.15, 0.2) is 0 Å². The third-order valence-electron chi connectivity index (χ3n) is 2.29. The van der Waals surface area contributed by atoms with E-state index in [4.69, 9.17) is 5.11 Å². The van der Waals surface area contributed by atoms with Gasteiger partial charge in [-0.15, -0.1) is 0 Å². The minimum atomic E-state index is -1.05. The van der Waals surface area contributed by atoms with Crippen molar-refractivity contribution in [2.75, 3.05) is 13.1 Å². The Kier molecular flexibility index (Phi) is 22.7. The molecule has 3 N–H and O–H groups in total. The number of rotatable bonds is 10. The Hall–Kier alpha value is -1.92. The first kappa shape index (κ1) is 26.0. The summed E-state index contributed by atoms with van der Waals surface area (Å²) in [6, 6.07) is 0. The summed E-state index contributed by atoms with van der Waals surface area (Å²) in [5.41, 5.74) is 0. The van der Waals surface area contributed by atoms with E-state index in [9.17, 15) is 19.2 Å². The van der Waals surface area contributed by atoms with E-state index >= 15 is 0 Å². The maximum absolute atomic E-state index is 11.3. The lowest BCUT2D eigenvalue weighted by Gasteiger charge is -2.06. The number of amides is 2. The summed E-state index contributed by atoms with van der Waals surface area (Å²) in [5.74, 6) is -1.72. The number of carbonyl (C=O) groups excluding carboxylic acids is 3. The van der Waals surface area contributed by atoms with Gasteiger partial charge in [-0.1, -0.05) is 27.7 Å². The summed E-state index contributed by atoms with van der Waals surface area (Å²) in [4.78, 5) is 43.2. The Bertz CT molecular complexity index is 343. The number of unbranched alkanes of at least 4 members (excludes halogenated alkanes) is 1. The van der Waals surface area contributed by atoms with Crippen LogP contribution in [0, 0.1) is 0 Å². The molecule has 0 unspecified atom stereocenters. The molecule has 0 aromatic rings. The first-order valence-corrected chi connectivity index (χ1v) is 8.16. The summed E-state index contributed by atoms with van der Waals surface area (Å²) in [6.45, 7) is 9.81. The second kappa shape index (κ2) is 20.1. The summed E-state index contributed by atoms with van der Waals surface area (Å²) in [5, 5.41) is 13.3. The Morgan fingerprint density at radius 3 is 1.83 bits per heavy atom. The number of hydrogen-bond donors (Lipinski definition) is 3. The van der Waals surface area contributed by atoms with E-state index in [1.807, 2.05) is 27.7 Å². The molecule has 0 aliphatic rings. The van der Waals surface area contributed by atoms with Gasteiger partial charge in [-0.2, -0.15) is 0 Å². The molecule has 0 rings (SSSR count). The fraction of sp³-hybridized carbons (Fsp3) is 0.750. The van der Waals surface area contributed by atoms with Gasteiger partial charge in [0.25, 0.3) is 0 Å². The number of hydrogen-bond acceptors (Lipinski definition) is 4. The van der Waals surface area contributed by atoms with Crippen LogP contribution >= 0.6 is 0 Å². The van der Waals surface area contributed by atoms with Crippen LogP contribution in [-0.4, -0.2) is 41.8 Å². The average molecular weight is 332 g/mol. The summed E-state index contributed by atoms with van der Waals surface area (Å²) >= 11 is 0. The molecule has 0 bridgehead atoms. The maximum atomic E-state index is 11.3. The molecule has 7 heteroatoms. The molecule has 0 aromatic heterocycles. The number of carbonyl (C=O) groups is 4. The molecule has 0 radical (unpaired) electrons. The van der Waals surface area contributed by atoms with Crippen LogP contribution in [0.5, 0.6) is 0 Å². The Balaban J connectivity index is -0.000000919. The zero-order valence-electron chi connectivity index (χ0n) is 15.0. The highest BCUT2D eigenvalue weighted by molar-refractivity contribution is 5.86. The number of nitrogens with one attached hydrogen (secondary N) is 2. The Morgan fingerprint density at radius 2 is 1.35 bits per heavy atom. The lowest BCUT2D eigenvalue weighted by Crippen LogP contribution is -2.37. The fourth-order valence-corrected chi connectivity index (χ4v) is 1.28. The van der Waals surface area contributed by atoms with Crippen molar-refractivity contribution in [3.8, 4) is 0 Å². The van der Waals surface area contributed by atoms with Gasteiger partial charge in [-0.05, 0) is 19.8 Å². The van der Waals surface area contributed by atoms with Gasteiger partial charge in [0.2, 0.25) is 11.8 Å². The zero-order chi connectivity index (χ0) is 18.7. The highest BCUT2D eigenvalue weighted by Gasteiger charge is 2.07. The predicted octanol–water partition coefficient (Wildman–Crippen LogP) is 1.90. The van der Waals surface area contributed by atoms with Gasteiger partial charge >= 0.3 is 5.97 Å². The van der Waals surface area contributed by atoms with E-state index in [-0.39, 0.29) is 31.1 Å². The second-order valence-electron chi connectivity index (χ2n) is 4.18. The highest BCUT2D eigenvalue weighted by atomic mass is 16.4. The predicted molar refractivity (Wildman–Crippen MR) is 90.1 cm³/mol. The number of carboxylic acid groups (broad SMARTS) is 1. The highest BCUT2D eigenvalue weighted by Crippen LogP contribution is 1.94. The molecule has 0 spiro atoms. The molecule has 0 aliphatic heterocycles. The number of aliphatic carboxylic acids is 1. The largest absolute Gasteiger partial charge is 0.481 e. The number of ketones is 1. The van der Waals surface area contributed by atoms with Crippen LogP contribution in [-0.2, 0) is 19.2 Å². The van der Waals surface area contributed by atoms with E-state index in [0.717, 1.165) is 6.42 Å². The molecule has 0 aromatic carbocycles.